The summed E-state index contributed by atoms with van der Waals surface area (Å²) in [4.78, 5) is 11.5. The first-order chi connectivity index (χ1) is 10.6. The van der Waals surface area contributed by atoms with Gasteiger partial charge >= 0.3 is 5.97 Å². The normalized spacial score (nSPS) is 10.3. The maximum absolute atomic E-state index is 13.2. The van der Waals surface area contributed by atoms with Crippen LogP contribution in [-0.4, -0.2) is 12.6 Å². The van der Waals surface area contributed by atoms with Crippen molar-refractivity contribution in [3.8, 4) is 11.5 Å². The first kappa shape index (κ1) is 16.5. The van der Waals surface area contributed by atoms with E-state index in [9.17, 15) is 9.18 Å². The van der Waals surface area contributed by atoms with E-state index < -0.39 is 0 Å². The number of alkyl halides is 1. The van der Waals surface area contributed by atoms with Crippen LogP contribution in [0.3, 0.4) is 0 Å². The molecule has 0 aliphatic heterocycles. The summed E-state index contributed by atoms with van der Waals surface area (Å²) in [5.74, 6) is 0.586. The van der Waals surface area contributed by atoms with Crippen molar-refractivity contribution in [2.45, 2.75) is 18.7 Å². The van der Waals surface area contributed by atoms with E-state index in [1.54, 1.807) is 31.2 Å². The second-order valence-electron chi connectivity index (χ2n) is 4.62. The van der Waals surface area contributed by atoms with E-state index in [1.165, 1.54) is 12.1 Å². The number of halogens is 2. The lowest BCUT2D eigenvalue weighted by Gasteiger charge is -2.11. The van der Waals surface area contributed by atoms with Crippen LogP contribution in [0.15, 0.2) is 42.5 Å². The third-order valence-corrected chi connectivity index (χ3v) is 3.55. The second-order valence-corrected chi connectivity index (χ2v) is 5.18. The molecule has 0 atom stereocenters. The molecule has 0 unspecified atom stereocenters. The monoisotopic (exact) mass is 366 g/mol. The Hall–Kier alpha value is -1.88. The van der Waals surface area contributed by atoms with Crippen molar-refractivity contribution >= 4 is 21.9 Å². The Balaban J connectivity index is 2.15. The smallest absolute Gasteiger partial charge is 0.310 e. The minimum atomic E-state index is -0.308. The lowest BCUT2D eigenvalue weighted by atomic mass is 10.1. The number of rotatable bonds is 6. The molecule has 2 rings (SSSR count). The highest BCUT2D eigenvalue weighted by molar-refractivity contribution is 9.08. The van der Waals surface area contributed by atoms with Gasteiger partial charge < -0.3 is 9.47 Å². The van der Waals surface area contributed by atoms with Crippen LogP contribution in [0.4, 0.5) is 4.39 Å². The van der Waals surface area contributed by atoms with Crippen LogP contribution in [0.2, 0.25) is 0 Å². The Morgan fingerprint density at radius 3 is 2.77 bits per heavy atom. The van der Waals surface area contributed by atoms with Gasteiger partial charge in [-0.05, 0) is 42.8 Å². The number of ether oxygens (including phenoxy) is 2. The van der Waals surface area contributed by atoms with E-state index in [2.05, 4.69) is 15.9 Å². The fourth-order valence-corrected chi connectivity index (χ4v) is 2.41. The SMILES string of the molecule is CCOC(=O)Cc1cccc(Oc2ccc(F)cc2CBr)c1. The van der Waals surface area contributed by atoms with E-state index >= 15 is 0 Å². The highest BCUT2D eigenvalue weighted by Gasteiger charge is 2.08. The van der Waals surface area contributed by atoms with Gasteiger partial charge in [0, 0.05) is 10.9 Å². The summed E-state index contributed by atoms with van der Waals surface area (Å²) in [7, 11) is 0. The Kier molecular flexibility index (Phi) is 5.95. The first-order valence-electron chi connectivity index (χ1n) is 6.89. The predicted molar refractivity (Wildman–Crippen MR) is 85.9 cm³/mol. The minimum absolute atomic E-state index is 0.194. The molecule has 0 aliphatic carbocycles. The molecule has 0 heterocycles. The zero-order valence-corrected chi connectivity index (χ0v) is 13.7. The molecule has 2 aromatic rings. The summed E-state index contributed by atoms with van der Waals surface area (Å²) in [6, 6.07) is 11.6. The van der Waals surface area contributed by atoms with Gasteiger partial charge in [0.05, 0.1) is 13.0 Å². The largest absolute Gasteiger partial charge is 0.466 e. The van der Waals surface area contributed by atoms with Gasteiger partial charge in [-0.1, -0.05) is 28.1 Å². The van der Waals surface area contributed by atoms with Crippen LogP contribution in [0.25, 0.3) is 0 Å². The lowest BCUT2D eigenvalue weighted by molar-refractivity contribution is -0.142. The standard InChI is InChI=1S/C17H16BrFO3/c1-2-21-17(20)9-12-4-3-5-15(8-12)22-16-7-6-14(19)10-13(16)11-18/h3-8,10H,2,9,11H2,1H3. The first-order valence-corrected chi connectivity index (χ1v) is 8.01. The van der Waals surface area contributed by atoms with Crippen molar-refractivity contribution in [2.24, 2.45) is 0 Å². The number of benzene rings is 2. The van der Waals surface area contributed by atoms with Crippen LogP contribution in [0.5, 0.6) is 11.5 Å². The molecule has 116 valence electrons. The molecule has 3 nitrogen and oxygen atoms in total. The van der Waals surface area contributed by atoms with Crippen molar-refractivity contribution in [2.75, 3.05) is 6.61 Å². The summed E-state index contributed by atoms with van der Waals surface area (Å²) >= 11 is 3.31. The molecule has 2 aromatic carbocycles. The Labute approximate surface area is 137 Å². The van der Waals surface area contributed by atoms with Gasteiger partial charge in [0.15, 0.2) is 0 Å². The molecular weight excluding hydrogens is 351 g/mol. The molecule has 0 saturated carbocycles. The summed E-state index contributed by atoms with van der Waals surface area (Å²) in [5, 5.41) is 0.489. The quantitative estimate of drug-likeness (QED) is 0.552. The molecule has 0 spiro atoms. The molecule has 0 amide bonds. The van der Waals surface area contributed by atoms with E-state index in [0.717, 1.165) is 11.1 Å². The van der Waals surface area contributed by atoms with Crippen molar-refractivity contribution in [1.29, 1.82) is 0 Å². The molecule has 0 radical (unpaired) electrons. The zero-order valence-electron chi connectivity index (χ0n) is 12.1. The van der Waals surface area contributed by atoms with Crippen LogP contribution >= 0.6 is 15.9 Å². The van der Waals surface area contributed by atoms with Crippen molar-refractivity contribution in [3.63, 3.8) is 0 Å². The molecule has 22 heavy (non-hydrogen) atoms. The number of carbonyl (C=O) groups excluding carboxylic acids is 1. The number of carbonyl (C=O) groups is 1. The third kappa shape index (κ3) is 4.56. The van der Waals surface area contributed by atoms with Crippen molar-refractivity contribution in [1.82, 2.24) is 0 Å². The summed E-state index contributed by atoms with van der Waals surface area (Å²) in [6.45, 7) is 2.13. The molecule has 0 fully saturated rings. The van der Waals surface area contributed by atoms with Gasteiger partial charge in [0.2, 0.25) is 0 Å². The Morgan fingerprint density at radius 2 is 2.05 bits per heavy atom. The van der Waals surface area contributed by atoms with Crippen LogP contribution in [0.1, 0.15) is 18.1 Å². The van der Waals surface area contributed by atoms with E-state index in [1.807, 2.05) is 6.07 Å². The average Bonchev–Trinajstić information content (AvgIpc) is 2.49. The minimum Gasteiger partial charge on any atom is -0.466 e. The fourth-order valence-electron chi connectivity index (χ4n) is 1.98. The third-order valence-electron chi connectivity index (χ3n) is 2.95. The summed E-state index contributed by atoms with van der Waals surface area (Å²) in [6.07, 6.45) is 0.194. The van der Waals surface area contributed by atoms with E-state index in [0.29, 0.717) is 23.4 Å². The Bertz CT molecular complexity index is 658. The number of esters is 1. The lowest BCUT2D eigenvalue weighted by Crippen LogP contribution is -2.07. The van der Waals surface area contributed by atoms with Gasteiger partial charge in [0.25, 0.3) is 0 Å². The predicted octanol–water partition coefficient (Wildman–Crippen LogP) is 4.62. The highest BCUT2D eigenvalue weighted by atomic mass is 79.9. The molecule has 0 aromatic heterocycles. The molecule has 5 heteroatoms. The van der Waals surface area contributed by atoms with Gasteiger partial charge in [0.1, 0.15) is 17.3 Å². The van der Waals surface area contributed by atoms with Gasteiger partial charge in [-0.15, -0.1) is 0 Å². The molecule has 0 saturated heterocycles. The Morgan fingerprint density at radius 1 is 1.23 bits per heavy atom. The van der Waals surface area contributed by atoms with E-state index in [-0.39, 0.29) is 18.2 Å². The molecular formula is C17H16BrFO3. The maximum atomic E-state index is 13.2. The zero-order chi connectivity index (χ0) is 15.9. The number of hydrogen-bond donors (Lipinski definition) is 0. The molecule has 0 N–H and O–H groups in total. The van der Waals surface area contributed by atoms with Gasteiger partial charge in [-0.2, -0.15) is 0 Å². The van der Waals surface area contributed by atoms with Crippen molar-refractivity contribution < 1.29 is 18.7 Å². The topological polar surface area (TPSA) is 35.5 Å². The average molecular weight is 367 g/mol. The fraction of sp³-hybridized carbons (Fsp3) is 0.235. The highest BCUT2D eigenvalue weighted by Crippen LogP contribution is 2.28. The number of hydrogen-bond acceptors (Lipinski definition) is 3. The summed E-state index contributed by atoms with van der Waals surface area (Å²) < 4.78 is 23.9. The summed E-state index contributed by atoms with van der Waals surface area (Å²) in [5.41, 5.74) is 1.52. The van der Waals surface area contributed by atoms with Crippen LogP contribution < -0.4 is 4.74 Å². The van der Waals surface area contributed by atoms with E-state index in [4.69, 9.17) is 9.47 Å². The second kappa shape index (κ2) is 7.94. The maximum Gasteiger partial charge on any atom is 0.310 e. The van der Waals surface area contributed by atoms with Gasteiger partial charge in [-0.25, -0.2) is 4.39 Å². The van der Waals surface area contributed by atoms with Crippen molar-refractivity contribution in [3.05, 3.63) is 59.4 Å². The molecule has 0 bridgehead atoms. The van der Waals surface area contributed by atoms with Gasteiger partial charge in [-0.3, -0.25) is 4.79 Å². The molecule has 0 aliphatic rings. The van der Waals surface area contributed by atoms with Crippen LogP contribution in [-0.2, 0) is 21.3 Å². The van der Waals surface area contributed by atoms with Crippen LogP contribution in [0, 0.1) is 5.82 Å².